The van der Waals surface area contributed by atoms with E-state index in [-0.39, 0.29) is 10.8 Å². The molecule has 0 amide bonds. The van der Waals surface area contributed by atoms with Gasteiger partial charge >= 0.3 is 0 Å². The zero-order valence-corrected chi connectivity index (χ0v) is 16.4. The first-order chi connectivity index (χ1) is 11.8. The van der Waals surface area contributed by atoms with Gasteiger partial charge in [-0.25, -0.2) is 0 Å². The molecular formula is C23H29N2+. The summed E-state index contributed by atoms with van der Waals surface area (Å²) < 4.78 is 4.73. The number of rotatable bonds is 1. The van der Waals surface area contributed by atoms with Gasteiger partial charge in [-0.05, 0) is 36.5 Å². The van der Waals surface area contributed by atoms with Gasteiger partial charge in [0.15, 0.2) is 7.05 Å². The fourth-order valence-corrected chi connectivity index (χ4v) is 4.55. The Balaban J connectivity index is 2.11. The molecule has 1 aliphatic heterocycles. The normalized spacial score (nSPS) is 20.0. The molecule has 1 aliphatic carbocycles. The molecule has 0 spiro atoms. The predicted octanol–water partition coefficient (Wildman–Crippen LogP) is 4.91. The lowest BCUT2D eigenvalue weighted by Gasteiger charge is -2.46. The summed E-state index contributed by atoms with van der Waals surface area (Å²) in [6, 6.07) is 6.75. The Morgan fingerprint density at radius 2 is 1.80 bits per heavy atom. The molecule has 0 atom stereocenters. The van der Waals surface area contributed by atoms with Crippen LogP contribution in [0.5, 0.6) is 0 Å². The van der Waals surface area contributed by atoms with Gasteiger partial charge in [0.1, 0.15) is 11.4 Å². The Labute approximate surface area is 151 Å². The largest absolute Gasteiger partial charge is 0.203 e. The van der Waals surface area contributed by atoms with E-state index in [9.17, 15) is 0 Å². The predicted molar refractivity (Wildman–Crippen MR) is 104 cm³/mol. The van der Waals surface area contributed by atoms with Crippen LogP contribution in [0.1, 0.15) is 62.9 Å². The quantitative estimate of drug-likeness (QED) is 0.656. The van der Waals surface area contributed by atoms with Gasteiger partial charge in [-0.3, -0.25) is 0 Å². The highest BCUT2D eigenvalue weighted by Gasteiger charge is 2.51. The van der Waals surface area contributed by atoms with Crippen LogP contribution < -0.4 is 4.68 Å². The SMILES string of the molecule is Cc1cccc2c1-n1c(c(C3=CCCC=C3)c[n+]1C)C(C)(C)C2(C)C. The lowest BCUT2D eigenvalue weighted by Crippen LogP contribution is -2.51. The number of hydrogen-bond acceptors (Lipinski definition) is 0. The van der Waals surface area contributed by atoms with Gasteiger partial charge in [0.2, 0.25) is 6.20 Å². The lowest BCUT2D eigenvalue weighted by molar-refractivity contribution is -0.745. The van der Waals surface area contributed by atoms with E-state index in [0.717, 1.165) is 12.8 Å². The molecule has 0 saturated carbocycles. The summed E-state index contributed by atoms with van der Waals surface area (Å²) in [5, 5.41) is 0. The van der Waals surface area contributed by atoms with Crippen molar-refractivity contribution in [2.75, 3.05) is 0 Å². The van der Waals surface area contributed by atoms with Gasteiger partial charge in [-0.1, -0.05) is 64.1 Å². The number of para-hydroxylation sites is 1. The smallest absolute Gasteiger partial charge is 0.124 e. The van der Waals surface area contributed by atoms with E-state index in [0.29, 0.717) is 0 Å². The summed E-state index contributed by atoms with van der Waals surface area (Å²) in [5.74, 6) is 0. The van der Waals surface area contributed by atoms with E-state index in [2.05, 4.69) is 93.7 Å². The van der Waals surface area contributed by atoms with Crippen molar-refractivity contribution in [2.45, 2.75) is 58.3 Å². The average molecular weight is 333 g/mol. The third kappa shape index (κ3) is 2.06. The standard InChI is InChI=1S/C23H29N2/c1-16-11-10-14-19-20(16)25-21(23(4,5)22(19,2)3)18(15-24(25)6)17-12-8-7-9-13-17/h8,10-15H,7,9H2,1-6H3/q+1. The first kappa shape index (κ1) is 16.4. The Bertz CT molecular complexity index is 920. The molecule has 2 aliphatic rings. The number of nitrogens with zero attached hydrogens (tertiary/aromatic N) is 2. The van der Waals surface area contributed by atoms with Crippen LogP contribution >= 0.6 is 0 Å². The van der Waals surface area contributed by atoms with Crippen LogP contribution in [0.2, 0.25) is 0 Å². The van der Waals surface area contributed by atoms with E-state index in [1.54, 1.807) is 0 Å². The topological polar surface area (TPSA) is 8.81 Å². The summed E-state index contributed by atoms with van der Waals surface area (Å²) in [5.41, 5.74) is 8.40. The molecular weight excluding hydrogens is 304 g/mol. The van der Waals surface area contributed by atoms with E-state index in [1.807, 2.05) is 0 Å². The fraction of sp³-hybridized carbons (Fsp3) is 0.435. The highest BCUT2D eigenvalue weighted by Crippen LogP contribution is 2.51. The minimum atomic E-state index is 0.0243. The number of hydrogen-bond donors (Lipinski definition) is 0. The van der Waals surface area contributed by atoms with Gasteiger partial charge in [-0.15, -0.1) is 9.36 Å². The molecule has 0 fully saturated rings. The van der Waals surface area contributed by atoms with Gasteiger partial charge in [0.25, 0.3) is 0 Å². The third-order valence-electron chi connectivity index (χ3n) is 6.68. The molecule has 0 N–H and O–H groups in total. The lowest BCUT2D eigenvalue weighted by atomic mass is 9.59. The average Bonchev–Trinajstić information content (AvgIpc) is 2.92. The van der Waals surface area contributed by atoms with Gasteiger partial charge < -0.3 is 0 Å². The number of fused-ring (bicyclic) bond motifs is 3. The number of allylic oxidation sites excluding steroid dienone is 4. The minimum Gasteiger partial charge on any atom is -0.124 e. The van der Waals surface area contributed by atoms with Crippen molar-refractivity contribution in [3.8, 4) is 5.69 Å². The second-order valence-corrected chi connectivity index (χ2v) is 8.64. The molecule has 25 heavy (non-hydrogen) atoms. The minimum absolute atomic E-state index is 0.0243. The Hall–Kier alpha value is -2.09. The van der Waals surface area contributed by atoms with E-state index >= 15 is 0 Å². The molecule has 2 nitrogen and oxygen atoms in total. The Morgan fingerprint density at radius 1 is 1.04 bits per heavy atom. The number of aryl methyl sites for hydroxylation is 2. The van der Waals surface area contributed by atoms with Crippen LogP contribution in [0, 0.1) is 6.92 Å². The number of benzene rings is 1. The van der Waals surface area contributed by atoms with Gasteiger partial charge in [0, 0.05) is 10.8 Å². The van der Waals surface area contributed by atoms with E-state index < -0.39 is 0 Å². The highest BCUT2D eigenvalue weighted by molar-refractivity contribution is 5.77. The fourth-order valence-electron chi connectivity index (χ4n) is 4.55. The molecule has 130 valence electrons. The maximum absolute atomic E-state index is 2.45. The van der Waals surface area contributed by atoms with Gasteiger partial charge in [0.05, 0.1) is 5.56 Å². The molecule has 2 heterocycles. The van der Waals surface area contributed by atoms with E-state index in [4.69, 9.17) is 0 Å². The van der Waals surface area contributed by atoms with Crippen molar-refractivity contribution < 1.29 is 4.68 Å². The first-order valence-electron chi connectivity index (χ1n) is 9.36. The first-order valence-corrected chi connectivity index (χ1v) is 9.36. The molecule has 0 unspecified atom stereocenters. The van der Waals surface area contributed by atoms with Crippen LogP contribution in [0.3, 0.4) is 0 Å². The van der Waals surface area contributed by atoms with Crippen LogP contribution in [0.25, 0.3) is 11.3 Å². The molecule has 0 radical (unpaired) electrons. The highest BCUT2D eigenvalue weighted by atomic mass is 15.4. The summed E-state index contributed by atoms with van der Waals surface area (Å²) in [7, 11) is 2.17. The van der Waals surface area contributed by atoms with Crippen molar-refractivity contribution in [1.82, 2.24) is 4.68 Å². The van der Waals surface area contributed by atoms with Crippen molar-refractivity contribution in [2.24, 2.45) is 7.05 Å². The Morgan fingerprint density at radius 3 is 2.48 bits per heavy atom. The molecule has 1 aromatic carbocycles. The maximum atomic E-state index is 2.45. The van der Waals surface area contributed by atoms with Gasteiger partial charge in [-0.2, -0.15) is 0 Å². The molecule has 0 saturated heterocycles. The van der Waals surface area contributed by atoms with Crippen molar-refractivity contribution in [1.29, 1.82) is 0 Å². The summed E-state index contributed by atoms with van der Waals surface area (Å²) in [6.07, 6.45) is 11.6. The zero-order chi connectivity index (χ0) is 18.0. The summed E-state index contributed by atoms with van der Waals surface area (Å²) in [6.45, 7) is 11.8. The second kappa shape index (κ2) is 5.20. The summed E-state index contributed by atoms with van der Waals surface area (Å²) in [4.78, 5) is 0. The van der Waals surface area contributed by atoms with Crippen LogP contribution in [0.15, 0.2) is 42.6 Å². The van der Waals surface area contributed by atoms with Crippen molar-refractivity contribution in [3.05, 3.63) is 65.0 Å². The van der Waals surface area contributed by atoms with Crippen LogP contribution in [-0.2, 0) is 17.9 Å². The third-order valence-corrected chi connectivity index (χ3v) is 6.68. The van der Waals surface area contributed by atoms with Crippen molar-refractivity contribution in [3.63, 3.8) is 0 Å². The number of aromatic nitrogens is 2. The second-order valence-electron chi connectivity index (χ2n) is 8.64. The molecule has 0 bridgehead atoms. The van der Waals surface area contributed by atoms with Crippen LogP contribution in [-0.4, -0.2) is 4.68 Å². The Kier molecular flexibility index (Phi) is 3.41. The molecule has 2 aromatic rings. The molecule has 1 aromatic heterocycles. The maximum Gasteiger partial charge on any atom is 0.203 e. The molecule has 2 heteroatoms. The molecule has 4 rings (SSSR count). The van der Waals surface area contributed by atoms with E-state index in [1.165, 1.54) is 33.6 Å². The van der Waals surface area contributed by atoms with Crippen LogP contribution in [0.4, 0.5) is 0 Å². The van der Waals surface area contributed by atoms with Crippen molar-refractivity contribution >= 4 is 5.57 Å². The summed E-state index contributed by atoms with van der Waals surface area (Å²) >= 11 is 0. The monoisotopic (exact) mass is 333 g/mol. The zero-order valence-electron chi connectivity index (χ0n) is 16.4.